The summed E-state index contributed by atoms with van der Waals surface area (Å²) in [7, 11) is 4.98. The minimum Gasteiger partial charge on any atom is -0.494 e. The van der Waals surface area contributed by atoms with Crippen LogP contribution < -0.4 is 20.7 Å². The SMILES string of the molecule is CNC(=O)c1cnc(Nc2cc(C)c(F)cn2)cc1Nc1cccc(-c2cnn(C)c2)c1OC. The Labute approximate surface area is 196 Å². The molecule has 0 atom stereocenters. The summed E-state index contributed by atoms with van der Waals surface area (Å²) in [5.41, 5.74) is 3.68. The van der Waals surface area contributed by atoms with E-state index in [9.17, 15) is 9.18 Å². The highest BCUT2D eigenvalue weighted by molar-refractivity contribution is 6.00. The maximum atomic E-state index is 13.6. The molecule has 0 fully saturated rings. The quantitative estimate of drug-likeness (QED) is 0.379. The van der Waals surface area contributed by atoms with Gasteiger partial charge in [-0.25, -0.2) is 14.4 Å². The number of nitrogens with one attached hydrogen (secondary N) is 3. The highest BCUT2D eigenvalue weighted by Crippen LogP contribution is 2.38. The van der Waals surface area contributed by atoms with Crippen LogP contribution in [0.2, 0.25) is 0 Å². The highest BCUT2D eigenvalue weighted by Gasteiger charge is 2.17. The summed E-state index contributed by atoms with van der Waals surface area (Å²) in [6.07, 6.45) is 6.25. The summed E-state index contributed by atoms with van der Waals surface area (Å²) in [6, 6.07) is 8.93. The number of benzene rings is 1. The Morgan fingerprint density at radius 3 is 2.50 bits per heavy atom. The Balaban J connectivity index is 1.73. The molecule has 0 aliphatic heterocycles. The fraction of sp³-hybridized carbons (Fsp3) is 0.167. The summed E-state index contributed by atoms with van der Waals surface area (Å²) < 4.78 is 21.0. The lowest BCUT2D eigenvalue weighted by molar-refractivity contribution is 0.0963. The molecule has 0 bridgehead atoms. The number of amides is 1. The Bertz CT molecular complexity index is 1350. The van der Waals surface area contributed by atoms with Crippen LogP contribution in [0.15, 0.2) is 55.1 Å². The zero-order valence-electron chi connectivity index (χ0n) is 19.2. The van der Waals surface area contributed by atoms with Gasteiger partial charge in [0.15, 0.2) is 0 Å². The Hall–Kier alpha value is -4.47. The van der Waals surface area contributed by atoms with Gasteiger partial charge in [0, 0.05) is 43.7 Å². The van der Waals surface area contributed by atoms with Gasteiger partial charge in [0.2, 0.25) is 0 Å². The first-order valence-corrected chi connectivity index (χ1v) is 10.4. The van der Waals surface area contributed by atoms with E-state index in [1.165, 1.54) is 6.20 Å². The molecule has 174 valence electrons. The molecule has 3 aromatic heterocycles. The van der Waals surface area contributed by atoms with Gasteiger partial charge in [-0.2, -0.15) is 5.10 Å². The summed E-state index contributed by atoms with van der Waals surface area (Å²) >= 11 is 0. The van der Waals surface area contributed by atoms with Crippen molar-refractivity contribution in [3.05, 3.63) is 72.1 Å². The summed E-state index contributed by atoms with van der Waals surface area (Å²) in [4.78, 5) is 20.9. The first-order valence-electron chi connectivity index (χ1n) is 10.4. The Kier molecular flexibility index (Phi) is 6.39. The van der Waals surface area contributed by atoms with Crippen molar-refractivity contribution in [2.45, 2.75) is 6.92 Å². The van der Waals surface area contributed by atoms with E-state index in [4.69, 9.17) is 4.74 Å². The van der Waals surface area contributed by atoms with Crippen LogP contribution >= 0.6 is 0 Å². The van der Waals surface area contributed by atoms with Crippen LogP contribution in [0.1, 0.15) is 15.9 Å². The number of carbonyl (C=O) groups is 1. The number of pyridine rings is 2. The van der Waals surface area contributed by atoms with Crippen LogP contribution in [-0.2, 0) is 7.05 Å². The molecule has 0 radical (unpaired) electrons. The van der Waals surface area contributed by atoms with Gasteiger partial charge in [-0.3, -0.25) is 9.48 Å². The second-order valence-corrected chi connectivity index (χ2v) is 7.55. The van der Waals surface area contributed by atoms with Gasteiger partial charge in [0.25, 0.3) is 5.91 Å². The fourth-order valence-electron chi connectivity index (χ4n) is 3.47. The number of hydrogen-bond donors (Lipinski definition) is 3. The molecule has 9 nitrogen and oxygen atoms in total. The lowest BCUT2D eigenvalue weighted by atomic mass is 10.1. The van der Waals surface area contributed by atoms with E-state index in [0.29, 0.717) is 39.9 Å². The average molecular weight is 462 g/mol. The number of aryl methyl sites for hydroxylation is 2. The van der Waals surface area contributed by atoms with Crippen LogP contribution in [0.5, 0.6) is 5.75 Å². The molecule has 1 aromatic carbocycles. The molecule has 4 aromatic rings. The summed E-state index contributed by atoms with van der Waals surface area (Å²) in [5.74, 6) is 0.758. The van der Waals surface area contributed by atoms with E-state index in [1.54, 1.807) is 44.1 Å². The lowest BCUT2D eigenvalue weighted by Crippen LogP contribution is -2.19. The molecule has 0 unspecified atom stereocenters. The highest BCUT2D eigenvalue weighted by atomic mass is 19.1. The minimum atomic E-state index is -0.392. The van der Waals surface area contributed by atoms with Crippen molar-refractivity contribution >= 4 is 28.9 Å². The van der Waals surface area contributed by atoms with Crippen molar-refractivity contribution in [2.24, 2.45) is 7.05 Å². The van der Waals surface area contributed by atoms with Crippen molar-refractivity contribution in [1.82, 2.24) is 25.1 Å². The molecule has 1 amide bonds. The van der Waals surface area contributed by atoms with Crippen molar-refractivity contribution in [3.8, 4) is 16.9 Å². The third kappa shape index (κ3) is 4.65. The Morgan fingerprint density at radius 2 is 1.82 bits per heavy atom. The van der Waals surface area contributed by atoms with Crippen molar-refractivity contribution in [1.29, 1.82) is 0 Å². The monoisotopic (exact) mass is 461 g/mol. The number of para-hydroxylation sites is 1. The van der Waals surface area contributed by atoms with Crippen molar-refractivity contribution in [3.63, 3.8) is 0 Å². The van der Waals surface area contributed by atoms with Gasteiger partial charge in [0.05, 0.1) is 36.4 Å². The molecule has 0 aliphatic rings. The van der Waals surface area contributed by atoms with Crippen LogP contribution in [0, 0.1) is 12.7 Å². The topological polar surface area (TPSA) is 106 Å². The van der Waals surface area contributed by atoms with Crippen LogP contribution in [0.25, 0.3) is 11.1 Å². The third-order valence-corrected chi connectivity index (χ3v) is 5.18. The van der Waals surface area contributed by atoms with Gasteiger partial charge in [-0.1, -0.05) is 12.1 Å². The summed E-state index contributed by atoms with van der Waals surface area (Å²) in [6.45, 7) is 1.65. The number of aromatic nitrogens is 4. The number of ether oxygens (including phenoxy) is 1. The zero-order valence-corrected chi connectivity index (χ0v) is 19.2. The number of carbonyl (C=O) groups excluding carboxylic acids is 1. The van der Waals surface area contributed by atoms with E-state index in [1.807, 2.05) is 31.4 Å². The zero-order chi connectivity index (χ0) is 24.2. The predicted molar refractivity (Wildman–Crippen MR) is 128 cm³/mol. The lowest BCUT2D eigenvalue weighted by Gasteiger charge is -2.17. The van der Waals surface area contributed by atoms with Gasteiger partial charge in [-0.15, -0.1) is 0 Å². The average Bonchev–Trinajstić information content (AvgIpc) is 3.27. The molecular weight excluding hydrogens is 437 g/mol. The molecule has 10 heteroatoms. The second-order valence-electron chi connectivity index (χ2n) is 7.55. The minimum absolute atomic E-state index is 0.306. The molecule has 0 saturated heterocycles. The van der Waals surface area contributed by atoms with E-state index in [2.05, 4.69) is 31.0 Å². The number of halogens is 1. The number of anilines is 4. The molecule has 0 spiro atoms. The maximum absolute atomic E-state index is 13.6. The van der Waals surface area contributed by atoms with Gasteiger partial charge in [0.1, 0.15) is 23.2 Å². The Morgan fingerprint density at radius 1 is 1.06 bits per heavy atom. The van der Waals surface area contributed by atoms with Gasteiger partial charge < -0.3 is 20.7 Å². The largest absolute Gasteiger partial charge is 0.494 e. The fourth-order valence-corrected chi connectivity index (χ4v) is 3.47. The molecule has 0 saturated carbocycles. The number of nitrogens with zero attached hydrogens (tertiary/aromatic N) is 4. The van der Waals surface area contributed by atoms with E-state index < -0.39 is 5.82 Å². The van der Waals surface area contributed by atoms with Gasteiger partial charge >= 0.3 is 0 Å². The molecule has 0 aliphatic carbocycles. The van der Waals surface area contributed by atoms with E-state index in [-0.39, 0.29) is 5.91 Å². The smallest absolute Gasteiger partial charge is 0.254 e. The maximum Gasteiger partial charge on any atom is 0.254 e. The van der Waals surface area contributed by atoms with E-state index >= 15 is 0 Å². The van der Waals surface area contributed by atoms with Crippen LogP contribution in [-0.4, -0.2) is 39.8 Å². The molecule has 34 heavy (non-hydrogen) atoms. The molecule has 3 N–H and O–H groups in total. The van der Waals surface area contributed by atoms with Gasteiger partial charge in [-0.05, 0) is 24.6 Å². The van der Waals surface area contributed by atoms with Crippen molar-refractivity contribution in [2.75, 3.05) is 24.8 Å². The van der Waals surface area contributed by atoms with Crippen molar-refractivity contribution < 1.29 is 13.9 Å². The number of methoxy groups -OCH3 is 1. The normalized spacial score (nSPS) is 10.6. The van der Waals surface area contributed by atoms with Crippen LogP contribution in [0.4, 0.5) is 27.4 Å². The number of hydrogen-bond acceptors (Lipinski definition) is 7. The molecule has 3 heterocycles. The molecule has 4 rings (SSSR count). The standard InChI is InChI=1S/C24H24FN7O2/c1-14-8-21(28-12-18(14)25)31-22-9-20(17(11-27-22)24(33)26-2)30-19-7-5-6-16(23(19)34-4)15-10-29-32(3)13-15/h5-13H,1-4H3,(H,26,33)(H2,27,28,30,31). The van der Waals surface area contributed by atoms with Crippen LogP contribution in [0.3, 0.4) is 0 Å². The number of rotatable bonds is 7. The third-order valence-electron chi connectivity index (χ3n) is 5.18. The summed E-state index contributed by atoms with van der Waals surface area (Å²) in [5, 5.41) is 13.2. The molecular formula is C24H24FN7O2. The van der Waals surface area contributed by atoms with E-state index in [0.717, 1.165) is 17.3 Å². The second kappa shape index (κ2) is 9.57. The first-order chi connectivity index (χ1) is 16.4. The first kappa shape index (κ1) is 22.7. The predicted octanol–water partition coefficient (Wildman–Crippen LogP) is 4.18.